The highest BCUT2D eigenvalue weighted by Gasteiger charge is 2.17. The van der Waals surface area contributed by atoms with Gasteiger partial charge in [-0.2, -0.15) is 0 Å². The summed E-state index contributed by atoms with van der Waals surface area (Å²) in [5.74, 6) is 2.78. The molecule has 154 valence electrons. The number of nitrogens with one attached hydrogen (secondary N) is 2. The summed E-state index contributed by atoms with van der Waals surface area (Å²) in [6.07, 6.45) is 7.92. The van der Waals surface area contributed by atoms with E-state index in [1.807, 2.05) is 7.05 Å². The second kappa shape index (κ2) is 14.0. The lowest BCUT2D eigenvalue weighted by atomic mass is 9.93. The summed E-state index contributed by atoms with van der Waals surface area (Å²) in [7, 11) is 1.88. The first-order valence-electron chi connectivity index (χ1n) is 10.6. The smallest absolute Gasteiger partial charge is 0.190 e. The van der Waals surface area contributed by atoms with E-state index in [9.17, 15) is 0 Å². The molecular formula is C20H42IN5. The van der Waals surface area contributed by atoms with Crippen LogP contribution >= 0.6 is 24.0 Å². The van der Waals surface area contributed by atoms with E-state index in [4.69, 9.17) is 0 Å². The van der Waals surface area contributed by atoms with E-state index in [0.29, 0.717) is 0 Å². The molecule has 0 unspecified atom stereocenters. The molecule has 0 aromatic carbocycles. The van der Waals surface area contributed by atoms with Crippen LogP contribution < -0.4 is 10.6 Å². The topological polar surface area (TPSA) is 42.9 Å². The third-order valence-electron chi connectivity index (χ3n) is 6.04. The monoisotopic (exact) mass is 479 g/mol. The third kappa shape index (κ3) is 9.22. The Bertz CT molecular complexity index is 374. The molecule has 26 heavy (non-hydrogen) atoms. The molecular weight excluding hydrogens is 437 g/mol. The van der Waals surface area contributed by atoms with Crippen LogP contribution in [-0.2, 0) is 0 Å². The molecule has 2 heterocycles. The van der Waals surface area contributed by atoms with E-state index in [-0.39, 0.29) is 24.0 Å². The van der Waals surface area contributed by atoms with Gasteiger partial charge in [-0.05, 0) is 89.6 Å². The highest BCUT2D eigenvalue weighted by molar-refractivity contribution is 14.0. The highest BCUT2D eigenvalue weighted by atomic mass is 127. The lowest BCUT2D eigenvalue weighted by Gasteiger charge is -2.31. The van der Waals surface area contributed by atoms with Gasteiger partial charge in [0.2, 0.25) is 0 Å². The Hall–Kier alpha value is -0.0800. The fourth-order valence-electron chi connectivity index (χ4n) is 4.00. The molecule has 2 N–H and O–H groups in total. The number of hydrogen-bond acceptors (Lipinski definition) is 3. The van der Waals surface area contributed by atoms with E-state index in [1.165, 1.54) is 77.8 Å². The van der Waals surface area contributed by atoms with Crippen molar-refractivity contribution < 1.29 is 0 Å². The predicted molar refractivity (Wildman–Crippen MR) is 124 cm³/mol. The SMILES string of the molecule is CCN1CCC(CCNC(=NC)NCCCN2CCC(C)CC2)CC1.I. The number of hydrogen-bond donors (Lipinski definition) is 2. The molecule has 0 aliphatic carbocycles. The maximum absolute atomic E-state index is 4.36. The number of guanidine groups is 1. The molecule has 2 aliphatic rings. The van der Waals surface area contributed by atoms with Crippen molar-refractivity contribution in [2.75, 3.05) is 59.4 Å². The van der Waals surface area contributed by atoms with Gasteiger partial charge in [0.1, 0.15) is 0 Å². The fourth-order valence-corrected chi connectivity index (χ4v) is 4.00. The molecule has 2 aliphatic heterocycles. The van der Waals surface area contributed by atoms with Crippen molar-refractivity contribution in [1.82, 2.24) is 20.4 Å². The molecule has 0 aromatic heterocycles. The van der Waals surface area contributed by atoms with Crippen molar-refractivity contribution in [3.05, 3.63) is 0 Å². The summed E-state index contributed by atoms with van der Waals surface area (Å²) in [6, 6.07) is 0. The van der Waals surface area contributed by atoms with E-state index in [1.54, 1.807) is 0 Å². The van der Waals surface area contributed by atoms with E-state index in [0.717, 1.165) is 30.9 Å². The molecule has 2 fully saturated rings. The van der Waals surface area contributed by atoms with Crippen LogP contribution in [0, 0.1) is 11.8 Å². The minimum atomic E-state index is 0. The summed E-state index contributed by atoms with van der Waals surface area (Å²) >= 11 is 0. The van der Waals surface area contributed by atoms with E-state index in [2.05, 4.69) is 39.3 Å². The molecule has 0 saturated carbocycles. The Morgan fingerprint density at radius 3 is 2.19 bits per heavy atom. The molecule has 0 atom stereocenters. The summed E-state index contributed by atoms with van der Waals surface area (Å²) in [5, 5.41) is 6.97. The van der Waals surface area contributed by atoms with Gasteiger partial charge in [0, 0.05) is 20.1 Å². The van der Waals surface area contributed by atoms with Crippen LogP contribution in [0.25, 0.3) is 0 Å². The number of rotatable bonds is 8. The average Bonchev–Trinajstić information content (AvgIpc) is 2.65. The number of aliphatic imine (C=N–C) groups is 1. The van der Waals surface area contributed by atoms with Gasteiger partial charge in [0.25, 0.3) is 0 Å². The molecule has 6 heteroatoms. The Kier molecular flexibility index (Phi) is 12.9. The minimum absolute atomic E-state index is 0. The average molecular weight is 479 g/mol. The summed E-state index contributed by atoms with van der Waals surface area (Å²) in [6.45, 7) is 14.2. The van der Waals surface area contributed by atoms with Crippen LogP contribution in [0.3, 0.4) is 0 Å². The molecule has 2 rings (SSSR count). The van der Waals surface area contributed by atoms with Gasteiger partial charge >= 0.3 is 0 Å². The number of nitrogens with zero attached hydrogens (tertiary/aromatic N) is 3. The third-order valence-corrected chi connectivity index (χ3v) is 6.04. The van der Waals surface area contributed by atoms with E-state index >= 15 is 0 Å². The first-order valence-corrected chi connectivity index (χ1v) is 10.6. The highest BCUT2D eigenvalue weighted by Crippen LogP contribution is 2.19. The molecule has 0 bridgehead atoms. The first kappa shape index (κ1) is 24.0. The zero-order valence-electron chi connectivity index (χ0n) is 17.3. The summed E-state index contributed by atoms with van der Waals surface area (Å²) < 4.78 is 0. The number of likely N-dealkylation sites (tertiary alicyclic amines) is 2. The first-order chi connectivity index (χ1) is 12.2. The zero-order valence-corrected chi connectivity index (χ0v) is 19.6. The summed E-state index contributed by atoms with van der Waals surface area (Å²) in [4.78, 5) is 9.54. The fraction of sp³-hybridized carbons (Fsp3) is 0.950. The Balaban J connectivity index is 0.00000338. The zero-order chi connectivity index (χ0) is 17.9. The Morgan fingerprint density at radius 1 is 0.962 bits per heavy atom. The van der Waals surface area contributed by atoms with Crippen molar-refractivity contribution >= 4 is 29.9 Å². The standard InChI is InChI=1S/C20H41N5.HI/c1-4-24-16-9-19(10-17-24)6-12-23-20(21-3)22-11-5-13-25-14-7-18(2)8-15-25;/h18-19H,4-17H2,1-3H3,(H2,21,22,23);1H. The van der Waals surface area contributed by atoms with Crippen molar-refractivity contribution in [1.29, 1.82) is 0 Å². The predicted octanol–water partition coefficient (Wildman–Crippen LogP) is 3.01. The van der Waals surface area contributed by atoms with Gasteiger partial charge in [-0.25, -0.2) is 0 Å². The lowest BCUT2D eigenvalue weighted by Crippen LogP contribution is -2.41. The largest absolute Gasteiger partial charge is 0.356 e. The molecule has 0 spiro atoms. The summed E-state index contributed by atoms with van der Waals surface area (Å²) in [5.41, 5.74) is 0. The quantitative estimate of drug-likeness (QED) is 0.243. The van der Waals surface area contributed by atoms with Crippen LogP contribution in [0.5, 0.6) is 0 Å². The van der Waals surface area contributed by atoms with Crippen LogP contribution in [0.2, 0.25) is 0 Å². The molecule has 2 saturated heterocycles. The lowest BCUT2D eigenvalue weighted by molar-refractivity contribution is 0.187. The second-order valence-electron chi connectivity index (χ2n) is 7.97. The Labute approximate surface area is 178 Å². The second-order valence-corrected chi connectivity index (χ2v) is 7.97. The van der Waals surface area contributed by atoms with Gasteiger partial charge < -0.3 is 20.4 Å². The Morgan fingerprint density at radius 2 is 1.58 bits per heavy atom. The molecule has 5 nitrogen and oxygen atoms in total. The van der Waals surface area contributed by atoms with Crippen LogP contribution in [0.1, 0.15) is 52.4 Å². The van der Waals surface area contributed by atoms with Gasteiger partial charge in [0.15, 0.2) is 5.96 Å². The van der Waals surface area contributed by atoms with Gasteiger partial charge in [-0.15, -0.1) is 24.0 Å². The maximum atomic E-state index is 4.36. The molecule has 0 amide bonds. The van der Waals surface area contributed by atoms with Crippen LogP contribution in [0.15, 0.2) is 4.99 Å². The minimum Gasteiger partial charge on any atom is -0.356 e. The van der Waals surface area contributed by atoms with E-state index < -0.39 is 0 Å². The van der Waals surface area contributed by atoms with Gasteiger partial charge in [0.05, 0.1) is 0 Å². The van der Waals surface area contributed by atoms with Crippen molar-refractivity contribution in [2.24, 2.45) is 16.8 Å². The normalized spacial score (nSPS) is 21.4. The van der Waals surface area contributed by atoms with Crippen molar-refractivity contribution in [3.8, 4) is 0 Å². The van der Waals surface area contributed by atoms with Crippen LogP contribution in [-0.4, -0.2) is 75.2 Å². The van der Waals surface area contributed by atoms with Crippen molar-refractivity contribution in [2.45, 2.75) is 52.4 Å². The number of halogens is 1. The van der Waals surface area contributed by atoms with Crippen molar-refractivity contribution in [3.63, 3.8) is 0 Å². The maximum Gasteiger partial charge on any atom is 0.190 e. The molecule has 0 aromatic rings. The molecule has 0 radical (unpaired) electrons. The number of piperidine rings is 2. The van der Waals surface area contributed by atoms with Gasteiger partial charge in [-0.1, -0.05) is 13.8 Å². The van der Waals surface area contributed by atoms with Crippen LogP contribution in [0.4, 0.5) is 0 Å². The van der Waals surface area contributed by atoms with Gasteiger partial charge in [-0.3, -0.25) is 4.99 Å².